The van der Waals surface area contributed by atoms with Crippen molar-refractivity contribution in [2.45, 2.75) is 25.0 Å². The summed E-state index contributed by atoms with van der Waals surface area (Å²) in [6.45, 7) is 0.949. The average Bonchev–Trinajstić information content (AvgIpc) is 2.89. The summed E-state index contributed by atoms with van der Waals surface area (Å²) < 4.78 is 13.0. The summed E-state index contributed by atoms with van der Waals surface area (Å²) in [7, 11) is 0. The molecule has 0 unspecified atom stereocenters. The lowest BCUT2D eigenvalue weighted by molar-refractivity contribution is -0.123. The van der Waals surface area contributed by atoms with Crippen molar-refractivity contribution in [1.29, 1.82) is 0 Å². The number of rotatable bonds is 4. The minimum Gasteiger partial charge on any atom is -0.387 e. The largest absolute Gasteiger partial charge is 0.387 e. The van der Waals surface area contributed by atoms with E-state index in [0.717, 1.165) is 19.4 Å². The van der Waals surface area contributed by atoms with Gasteiger partial charge < -0.3 is 15.7 Å². The molecule has 1 heterocycles. The molecule has 0 aromatic heterocycles. The molecular formula is C13H17FN2O2. The maximum Gasteiger partial charge on any atom is 0.237 e. The van der Waals surface area contributed by atoms with Crippen molar-refractivity contribution < 1.29 is 14.3 Å². The summed E-state index contributed by atoms with van der Waals surface area (Å²) in [4.78, 5) is 11.7. The van der Waals surface area contributed by atoms with Crippen LogP contribution in [0.4, 0.5) is 4.39 Å². The predicted molar refractivity (Wildman–Crippen MR) is 65.4 cm³/mol. The molecule has 4 nitrogen and oxygen atoms in total. The molecule has 98 valence electrons. The highest BCUT2D eigenvalue weighted by atomic mass is 19.1. The molecular weight excluding hydrogens is 235 g/mol. The van der Waals surface area contributed by atoms with Crippen molar-refractivity contribution >= 4 is 5.91 Å². The molecule has 1 aromatic carbocycles. The standard InChI is InChI=1S/C13H17FN2O2/c14-10-4-1-3-9(7-10)12(17)8-16-13(18)11-5-2-6-15-11/h1,3-4,7,11-12,15,17H,2,5-6,8H2,(H,16,18)/t11-,12+/m0/s1. The smallest absolute Gasteiger partial charge is 0.237 e. The van der Waals surface area contributed by atoms with Crippen molar-refractivity contribution in [1.82, 2.24) is 10.6 Å². The Morgan fingerprint density at radius 3 is 3.11 bits per heavy atom. The van der Waals surface area contributed by atoms with Crippen LogP contribution in [0.1, 0.15) is 24.5 Å². The minimum absolute atomic E-state index is 0.0977. The topological polar surface area (TPSA) is 61.4 Å². The van der Waals surface area contributed by atoms with Gasteiger partial charge in [-0.3, -0.25) is 4.79 Å². The van der Waals surface area contributed by atoms with E-state index in [2.05, 4.69) is 10.6 Å². The fourth-order valence-corrected chi connectivity index (χ4v) is 2.06. The van der Waals surface area contributed by atoms with Crippen LogP contribution in [-0.4, -0.2) is 30.1 Å². The number of benzene rings is 1. The lowest BCUT2D eigenvalue weighted by Gasteiger charge is -2.15. The van der Waals surface area contributed by atoms with Crippen LogP contribution in [0.3, 0.4) is 0 Å². The SMILES string of the molecule is O=C(NC[C@@H](O)c1cccc(F)c1)[C@@H]1CCCN1. The maximum atomic E-state index is 13.0. The van der Waals surface area contributed by atoms with E-state index < -0.39 is 11.9 Å². The lowest BCUT2D eigenvalue weighted by atomic mass is 10.1. The van der Waals surface area contributed by atoms with E-state index in [4.69, 9.17) is 0 Å². The number of aliphatic hydroxyl groups is 1. The number of hydrogen-bond acceptors (Lipinski definition) is 3. The number of halogens is 1. The highest BCUT2D eigenvalue weighted by Gasteiger charge is 2.22. The van der Waals surface area contributed by atoms with Gasteiger partial charge in [-0.2, -0.15) is 0 Å². The molecule has 0 bridgehead atoms. The zero-order valence-corrected chi connectivity index (χ0v) is 10.0. The Labute approximate surface area is 105 Å². The molecule has 1 aromatic rings. The first-order chi connectivity index (χ1) is 8.66. The van der Waals surface area contributed by atoms with Gasteiger partial charge in [0, 0.05) is 6.54 Å². The molecule has 3 N–H and O–H groups in total. The van der Waals surface area contributed by atoms with Gasteiger partial charge in [0.05, 0.1) is 12.1 Å². The number of carbonyl (C=O) groups is 1. The number of hydrogen-bond donors (Lipinski definition) is 3. The van der Waals surface area contributed by atoms with Crippen molar-refractivity contribution in [2.75, 3.05) is 13.1 Å². The lowest BCUT2D eigenvalue weighted by Crippen LogP contribution is -2.41. The van der Waals surface area contributed by atoms with Gasteiger partial charge in [-0.25, -0.2) is 4.39 Å². The Morgan fingerprint density at radius 1 is 1.61 bits per heavy atom. The van der Waals surface area contributed by atoms with Crippen LogP contribution in [0.2, 0.25) is 0 Å². The summed E-state index contributed by atoms with van der Waals surface area (Å²) in [5.41, 5.74) is 0.467. The van der Waals surface area contributed by atoms with Gasteiger partial charge in [-0.1, -0.05) is 12.1 Å². The molecule has 18 heavy (non-hydrogen) atoms. The molecule has 1 fully saturated rings. The molecule has 1 aliphatic rings. The molecule has 0 aliphatic carbocycles. The summed E-state index contributed by atoms with van der Waals surface area (Å²) >= 11 is 0. The van der Waals surface area contributed by atoms with E-state index in [-0.39, 0.29) is 18.5 Å². The first-order valence-electron chi connectivity index (χ1n) is 6.11. The molecule has 2 rings (SSSR count). The van der Waals surface area contributed by atoms with Crippen molar-refractivity contribution in [3.63, 3.8) is 0 Å². The molecule has 0 spiro atoms. The molecule has 1 amide bonds. The Kier molecular flexibility index (Phi) is 4.28. The first kappa shape index (κ1) is 13.0. The molecule has 0 saturated carbocycles. The minimum atomic E-state index is -0.883. The zero-order valence-electron chi connectivity index (χ0n) is 10.0. The van der Waals surface area contributed by atoms with Crippen LogP contribution >= 0.6 is 0 Å². The van der Waals surface area contributed by atoms with Gasteiger partial charge in [0.1, 0.15) is 5.82 Å². The maximum absolute atomic E-state index is 13.0. The van der Waals surface area contributed by atoms with E-state index in [1.54, 1.807) is 6.07 Å². The number of amides is 1. The monoisotopic (exact) mass is 252 g/mol. The summed E-state index contributed by atoms with van der Waals surface area (Å²) in [6.07, 6.45) is 0.929. The fraction of sp³-hybridized carbons (Fsp3) is 0.462. The van der Waals surface area contributed by atoms with Crippen molar-refractivity contribution in [3.8, 4) is 0 Å². The fourth-order valence-electron chi connectivity index (χ4n) is 2.06. The Hall–Kier alpha value is -1.46. The third-order valence-corrected chi connectivity index (χ3v) is 3.08. The Balaban J connectivity index is 1.84. The molecule has 1 saturated heterocycles. The summed E-state index contributed by atoms with van der Waals surface area (Å²) in [5.74, 6) is -0.502. The first-order valence-corrected chi connectivity index (χ1v) is 6.11. The Morgan fingerprint density at radius 2 is 2.44 bits per heavy atom. The second-order valence-corrected chi connectivity index (χ2v) is 4.46. The van der Waals surface area contributed by atoms with Gasteiger partial charge >= 0.3 is 0 Å². The van der Waals surface area contributed by atoms with Crippen LogP contribution < -0.4 is 10.6 Å². The normalized spacial score (nSPS) is 20.7. The molecule has 1 aliphatic heterocycles. The van der Waals surface area contributed by atoms with Crippen LogP contribution in [-0.2, 0) is 4.79 Å². The Bertz CT molecular complexity index is 419. The average molecular weight is 252 g/mol. The van der Waals surface area contributed by atoms with Gasteiger partial charge in [-0.05, 0) is 37.1 Å². The summed E-state index contributed by atoms with van der Waals surface area (Å²) in [6, 6.07) is 5.59. The molecule has 0 radical (unpaired) electrons. The number of carbonyl (C=O) groups excluding carboxylic acids is 1. The van der Waals surface area contributed by atoms with Crippen LogP contribution in [0.25, 0.3) is 0 Å². The van der Waals surface area contributed by atoms with Crippen LogP contribution in [0.5, 0.6) is 0 Å². The summed E-state index contributed by atoms with van der Waals surface area (Å²) in [5, 5.41) is 15.6. The third kappa shape index (κ3) is 3.27. The second kappa shape index (κ2) is 5.93. The van der Waals surface area contributed by atoms with Crippen LogP contribution in [0.15, 0.2) is 24.3 Å². The van der Waals surface area contributed by atoms with Gasteiger partial charge in [0.25, 0.3) is 0 Å². The number of aliphatic hydroxyl groups excluding tert-OH is 1. The van der Waals surface area contributed by atoms with Crippen molar-refractivity contribution in [2.24, 2.45) is 0 Å². The quantitative estimate of drug-likeness (QED) is 0.740. The van der Waals surface area contributed by atoms with E-state index in [1.165, 1.54) is 18.2 Å². The second-order valence-electron chi connectivity index (χ2n) is 4.46. The van der Waals surface area contributed by atoms with Gasteiger partial charge in [0.15, 0.2) is 0 Å². The van der Waals surface area contributed by atoms with E-state index >= 15 is 0 Å². The van der Waals surface area contributed by atoms with Gasteiger partial charge in [0.2, 0.25) is 5.91 Å². The zero-order chi connectivity index (χ0) is 13.0. The molecule has 5 heteroatoms. The number of nitrogens with one attached hydrogen (secondary N) is 2. The van der Waals surface area contributed by atoms with E-state index in [1.807, 2.05) is 0 Å². The predicted octanol–water partition coefficient (Wildman–Crippen LogP) is 0.727. The third-order valence-electron chi connectivity index (χ3n) is 3.08. The van der Waals surface area contributed by atoms with E-state index in [9.17, 15) is 14.3 Å². The van der Waals surface area contributed by atoms with Crippen LogP contribution in [0, 0.1) is 5.82 Å². The van der Waals surface area contributed by atoms with Gasteiger partial charge in [-0.15, -0.1) is 0 Å². The highest BCUT2D eigenvalue weighted by molar-refractivity contribution is 5.82. The molecule has 2 atom stereocenters. The highest BCUT2D eigenvalue weighted by Crippen LogP contribution is 2.13. The van der Waals surface area contributed by atoms with Crippen molar-refractivity contribution in [3.05, 3.63) is 35.6 Å². The van der Waals surface area contributed by atoms with E-state index in [0.29, 0.717) is 5.56 Å².